The van der Waals surface area contributed by atoms with E-state index in [0.717, 1.165) is 12.8 Å². The van der Waals surface area contributed by atoms with Gasteiger partial charge in [-0.3, -0.25) is 4.79 Å². The summed E-state index contributed by atoms with van der Waals surface area (Å²) >= 11 is 0. The molecular weight excluding hydrogens is 424 g/mol. The number of aromatic hydroxyl groups is 3. The summed E-state index contributed by atoms with van der Waals surface area (Å²) < 4.78 is 17.0. The average Bonchev–Trinajstić information content (AvgIpc) is 2.75. The van der Waals surface area contributed by atoms with E-state index >= 15 is 0 Å². The highest BCUT2D eigenvalue weighted by molar-refractivity contribution is 6.08. The topological polar surface area (TPSA) is 105 Å². The highest BCUT2D eigenvalue weighted by Gasteiger charge is 2.38. The first-order valence-corrected chi connectivity index (χ1v) is 10.8. The van der Waals surface area contributed by atoms with Gasteiger partial charge in [0.1, 0.15) is 35.0 Å². The molecule has 174 valence electrons. The highest BCUT2D eigenvalue weighted by Crippen LogP contribution is 2.49. The van der Waals surface area contributed by atoms with Gasteiger partial charge in [-0.05, 0) is 51.8 Å². The largest absolute Gasteiger partial charge is 0.506 e. The fourth-order valence-electron chi connectivity index (χ4n) is 4.24. The van der Waals surface area contributed by atoms with Crippen LogP contribution in [0.2, 0.25) is 0 Å². The Labute approximate surface area is 192 Å². The van der Waals surface area contributed by atoms with Crippen LogP contribution >= 0.6 is 0 Å². The quantitative estimate of drug-likeness (QED) is 0.429. The number of hydrogen-bond acceptors (Lipinski definition) is 7. The summed E-state index contributed by atoms with van der Waals surface area (Å²) in [5, 5.41) is 31.5. The van der Waals surface area contributed by atoms with Crippen LogP contribution in [0.4, 0.5) is 0 Å². The lowest BCUT2D eigenvalue weighted by Crippen LogP contribution is -2.32. The van der Waals surface area contributed by atoms with E-state index in [-0.39, 0.29) is 35.0 Å². The number of allylic oxidation sites excluding steroid dienone is 2. The van der Waals surface area contributed by atoms with E-state index in [4.69, 9.17) is 14.2 Å². The van der Waals surface area contributed by atoms with Crippen LogP contribution in [0.25, 0.3) is 6.08 Å². The van der Waals surface area contributed by atoms with Gasteiger partial charge in [-0.1, -0.05) is 17.7 Å². The zero-order chi connectivity index (χ0) is 23.9. The van der Waals surface area contributed by atoms with Crippen LogP contribution in [0.15, 0.2) is 35.9 Å². The minimum absolute atomic E-state index is 0.0288. The molecule has 0 bridgehead atoms. The van der Waals surface area contributed by atoms with Crippen LogP contribution in [-0.2, 0) is 0 Å². The Kier molecular flexibility index (Phi) is 5.74. The first kappa shape index (κ1) is 22.6. The van der Waals surface area contributed by atoms with Crippen molar-refractivity contribution in [3.63, 3.8) is 0 Å². The molecule has 0 amide bonds. The molecule has 7 nitrogen and oxygen atoms in total. The van der Waals surface area contributed by atoms with Gasteiger partial charge in [0.15, 0.2) is 17.3 Å². The van der Waals surface area contributed by atoms with Crippen molar-refractivity contribution in [2.24, 2.45) is 0 Å². The number of carbonyl (C=O) groups excluding carboxylic acids is 1. The predicted molar refractivity (Wildman–Crippen MR) is 124 cm³/mol. The second-order valence-electron chi connectivity index (χ2n) is 8.86. The molecule has 2 atom stereocenters. The normalized spacial score (nSPS) is 20.8. The number of rotatable bonds is 5. The van der Waals surface area contributed by atoms with Crippen LogP contribution in [0.5, 0.6) is 34.5 Å². The minimum atomic E-state index is -0.902. The molecule has 33 heavy (non-hydrogen) atoms. The Morgan fingerprint density at radius 1 is 1.18 bits per heavy atom. The van der Waals surface area contributed by atoms with Crippen LogP contribution in [0, 0.1) is 0 Å². The van der Waals surface area contributed by atoms with Crippen LogP contribution < -0.4 is 14.2 Å². The van der Waals surface area contributed by atoms with Gasteiger partial charge < -0.3 is 29.5 Å². The van der Waals surface area contributed by atoms with Gasteiger partial charge in [-0.25, -0.2) is 0 Å². The molecule has 0 aliphatic carbocycles. The number of ketones is 1. The predicted octanol–water partition coefficient (Wildman–Crippen LogP) is 5.08. The van der Waals surface area contributed by atoms with Gasteiger partial charge in [0.25, 0.3) is 0 Å². The van der Waals surface area contributed by atoms with Gasteiger partial charge in [-0.15, -0.1) is 0 Å². The van der Waals surface area contributed by atoms with E-state index in [1.54, 1.807) is 12.1 Å². The molecule has 0 saturated carbocycles. The Morgan fingerprint density at radius 3 is 2.64 bits per heavy atom. The van der Waals surface area contributed by atoms with E-state index in [1.807, 2.05) is 26.8 Å². The average molecular weight is 453 g/mol. The third kappa shape index (κ3) is 3.99. The highest BCUT2D eigenvalue weighted by atomic mass is 16.5. The molecule has 2 heterocycles. The first-order chi connectivity index (χ1) is 15.6. The van der Waals surface area contributed by atoms with E-state index in [0.29, 0.717) is 11.3 Å². The summed E-state index contributed by atoms with van der Waals surface area (Å²) in [6.07, 6.45) is 7.42. The van der Waals surface area contributed by atoms with Gasteiger partial charge >= 0.3 is 0 Å². The monoisotopic (exact) mass is 452 g/mol. The zero-order valence-corrected chi connectivity index (χ0v) is 19.1. The zero-order valence-electron chi connectivity index (χ0n) is 19.1. The van der Waals surface area contributed by atoms with E-state index < -0.39 is 28.8 Å². The lowest BCUT2D eigenvalue weighted by atomic mass is 9.86. The van der Waals surface area contributed by atoms with E-state index in [2.05, 4.69) is 6.08 Å². The summed E-state index contributed by atoms with van der Waals surface area (Å²) in [5.74, 6) is -1.68. The second-order valence-corrected chi connectivity index (χ2v) is 8.86. The first-order valence-electron chi connectivity index (χ1n) is 10.8. The molecule has 0 saturated heterocycles. The number of carbonyl (C=O) groups is 1. The van der Waals surface area contributed by atoms with Crippen molar-refractivity contribution in [3.05, 3.63) is 52.6 Å². The summed E-state index contributed by atoms with van der Waals surface area (Å²) in [6, 6.07) is 4.60. The number of methoxy groups -OCH3 is 1. The molecule has 0 spiro atoms. The lowest BCUT2D eigenvalue weighted by Gasteiger charge is -2.33. The van der Waals surface area contributed by atoms with Gasteiger partial charge in [-0.2, -0.15) is 0 Å². The summed E-state index contributed by atoms with van der Waals surface area (Å²) in [5.41, 5.74) is 1.32. The summed E-state index contributed by atoms with van der Waals surface area (Å²) in [7, 11) is 1.36. The van der Waals surface area contributed by atoms with E-state index in [9.17, 15) is 20.1 Å². The number of fused-ring (bicyclic) bond motifs is 2. The van der Waals surface area contributed by atoms with Crippen molar-refractivity contribution in [1.29, 1.82) is 0 Å². The molecule has 2 unspecified atom stereocenters. The third-order valence-electron chi connectivity index (χ3n) is 6.11. The Bertz CT molecular complexity index is 1170. The molecule has 2 aliphatic rings. The number of ether oxygens (including phenoxy) is 3. The number of hydrogen-bond donors (Lipinski definition) is 3. The molecule has 2 aliphatic heterocycles. The smallest absolute Gasteiger partial charge is 0.200 e. The van der Waals surface area contributed by atoms with Crippen molar-refractivity contribution in [2.75, 3.05) is 13.7 Å². The number of benzene rings is 2. The summed E-state index contributed by atoms with van der Waals surface area (Å²) in [6.45, 7) is 6.02. The van der Waals surface area contributed by atoms with E-state index in [1.165, 1.54) is 24.8 Å². The molecule has 7 heteroatoms. The molecule has 2 aromatic rings. The van der Waals surface area contributed by atoms with Crippen molar-refractivity contribution >= 4 is 11.9 Å². The molecule has 2 aromatic carbocycles. The Morgan fingerprint density at radius 2 is 1.94 bits per heavy atom. The molecule has 0 fully saturated rings. The number of Topliss-reactive ketones (excluding diaryl/α,β-unsaturated/α-hetero) is 1. The summed E-state index contributed by atoms with van der Waals surface area (Å²) in [4.78, 5) is 13.3. The van der Waals surface area contributed by atoms with Crippen molar-refractivity contribution in [1.82, 2.24) is 0 Å². The Balaban J connectivity index is 1.67. The number of phenolic OH excluding ortho intramolecular Hbond substituents is 3. The minimum Gasteiger partial charge on any atom is -0.506 e. The van der Waals surface area contributed by atoms with Crippen LogP contribution in [0.1, 0.15) is 61.0 Å². The fourth-order valence-corrected chi connectivity index (χ4v) is 4.24. The maximum Gasteiger partial charge on any atom is 0.200 e. The maximum atomic E-state index is 13.3. The molecule has 0 aromatic heterocycles. The van der Waals surface area contributed by atoms with Gasteiger partial charge in [0.2, 0.25) is 5.75 Å². The van der Waals surface area contributed by atoms with Gasteiger partial charge in [0.05, 0.1) is 18.6 Å². The number of phenols is 3. The third-order valence-corrected chi connectivity index (χ3v) is 6.11. The molecular formula is C26H28O7. The SMILES string of the molecule is COc1ccc(C2COc3cc4c(c(O)c3C2=O)C=CC(C)(CCC=C(C)C)O4)c(O)c1O. The van der Waals surface area contributed by atoms with Crippen molar-refractivity contribution < 1.29 is 34.3 Å². The van der Waals surface area contributed by atoms with Crippen molar-refractivity contribution in [2.45, 2.75) is 45.1 Å². The van der Waals surface area contributed by atoms with Crippen molar-refractivity contribution in [3.8, 4) is 34.5 Å². The Hall–Kier alpha value is -3.61. The van der Waals surface area contributed by atoms with Gasteiger partial charge in [0, 0.05) is 11.6 Å². The molecule has 3 N–H and O–H groups in total. The second kappa shape index (κ2) is 8.39. The van der Waals surface area contributed by atoms with Crippen LogP contribution in [-0.4, -0.2) is 40.4 Å². The molecule has 4 rings (SSSR count). The molecule has 0 radical (unpaired) electrons. The maximum absolute atomic E-state index is 13.3. The fraction of sp³-hybridized carbons (Fsp3) is 0.346. The standard InChI is InChI=1S/C26H28O7/c1-14(2)6-5-10-26(3)11-9-16-19(33-26)12-20-21(22(16)27)23(28)17(13-32-20)15-7-8-18(31-4)25(30)24(15)29/h6-9,11-12,17,27,29-30H,5,10,13H2,1-4H3. The lowest BCUT2D eigenvalue weighted by molar-refractivity contribution is 0.0887. The van der Waals surface area contributed by atoms with Crippen LogP contribution in [0.3, 0.4) is 0 Å².